The van der Waals surface area contributed by atoms with E-state index in [1.807, 2.05) is 49.4 Å². The van der Waals surface area contributed by atoms with Gasteiger partial charge < -0.3 is 9.73 Å². The summed E-state index contributed by atoms with van der Waals surface area (Å²) in [4.78, 5) is 16.9. The number of rotatable bonds is 4. The second-order valence-corrected chi connectivity index (χ2v) is 8.16. The Morgan fingerprint density at radius 2 is 1.71 bits per heavy atom. The molecule has 0 aliphatic carbocycles. The number of hydrogen-bond acceptors (Lipinski definition) is 4. The molecular formula is C25H23N3O2S. The number of benzene rings is 3. The molecule has 0 aliphatic heterocycles. The van der Waals surface area contributed by atoms with E-state index in [4.69, 9.17) is 16.6 Å². The van der Waals surface area contributed by atoms with Crippen LogP contribution in [-0.4, -0.2) is 16.0 Å². The molecule has 0 fully saturated rings. The Kier molecular flexibility index (Phi) is 5.82. The van der Waals surface area contributed by atoms with Gasteiger partial charge in [-0.05, 0) is 73.1 Å². The van der Waals surface area contributed by atoms with Gasteiger partial charge in [0, 0.05) is 16.8 Å². The normalized spacial score (nSPS) is 11.0. The van der Waals surface area contributed by atoms with Crippen LogP contribution in [0.2, 0.25) is 0 Å². The third-order valence-corrected chi connectivity index (χ3v) is 5.21. The summed E-state index contributed by atoms with van der Waals surface area (Å²) < 4.78 is 5.90. The minimum Gasteiger partial charge on any atom is -0.436 e. The molecule has 1 aromatic heterocycles. The number of nitrogens with one attached hydrogen (secondary N) is 2. The maximum atomic E-state index is 12.3. The molecule has 0 aliphatic rings. The number of carbonyl (C=O) groups is 1. The van der Waals surface area contributed by atoms with Crippen LogP contribution >= 0.6 is 12.2 Å². The van der Waals surface area contributed by atoms with E-state index >= 15 is 0 Å². The molecule has 1 heterocycles. The number of aromatic nitrogens is 1. The lowest BCUT2D eigenvalue weighted by Crippen LogP contribution is -2.34. The summed E-state index contributed by atoms with van der Waals surface area (Å²) in [5.74, 6) is 0.784. The number of thiocarbonyl (C=S) groups is 1. The van der Waals surface area contributed by atoms with Crippen LogP contribution in [0.25, 0.3) is 22.6 Å². The monoisotopic (exact) mass is 429 g/mol. The van der Waals surface area contributed by atoms with Crippen molar-refractivity contribution in [3.63, 3.8) is 0 Å². The highest BCUT2D eigenvalue weighted by molar-refractivity contribution is 7.80. The minimum atomic E-state index is -0.257. The summed E-state index contributed by atoms with van der Waals surface area (Å²) in [6.07, 6.45) is 0. The number of fused-ring (bicyclic) bond motifs is 1. The van der Waals surface area contributed by atoms with Gasteiger partial charge in [-0.1, -0.05) is 43.7 Å². The first-order valence-corrected chi connectivity index (χ1v) is 10.5. The third-order valence-electron chi connectivity index (χ3n) is 5.01. The quantitative estimate of drug-likeness (QED) is 0.386. The Labute approximate surface area is 186 Å². The van der Waals surface area contributed by atoms with Crippen LogP contribution in [0, 0.1) is 6.92 Å². The van der Waals surface area contributed by atoms with Gasteiger partial charge >= 0.3 is 0 Å². The molecular weight excluding hydrogens is 406 g/mol. The van der Waals surface area contributed by atoms with E-state index in [-0.39, 0.29) is 11.0 Å². The Bertz CT molecular complexity index is 1240. The highest BCUT2D eigenvalue weighted by atomic mass is 32.1. The van der Waals surface area contributed by atoms with E-state index in [0.29, 0.717) is 28.5 Å². The molecule has 4 aromatic rings. The van der Waals surface area contributed by atoms with Crippen molar-refractivity contribution in [1.82, 2.24) is 10.3 Å². The third kappa shape index (κ3) is 4.81. The molecule has 2 N–H and O–H groups in total. The van der Waals surface area contributed by atoms with Gasteiger partial charge in [0.15, 0.2) is 10.7 Å². The second-order valence-electron chi connectivity index (χ2n) is 7.75. The standard InChI is InChI=1S/C25H23N3O2S/c1-15(2)17-8-10-19(11-9-17)24-27-21-14-20(12-13-22(21)30-24)26-25(31)28-23(29)18-6-4-16(3)5-7-18/h4-15H,1-3H3,(H2,26,28,29,31). The van der Waals surface area contributed by atoms with Crippen LogP contribution in [0.4, 0.5) is 5.69 Å². The van der Waals surface area contributed by atoms with Gasteiger partial charge in [0.1, 0.15) is 5.52 Å². The maximum Gasteiger partial charge on any atom is 0.257 e. The average molecular weight is 430 g/mol. The number of hydrogen-bond donors (Lipinski definition) is 2. The van der Waals surface area contributed by atoms with Crippen molar-refractivity contribution in [3.05, 3.63) is 83.4 Å². The Morgan fingerprint density at radius 3 is 2.39 bits per heavy atom. The number of oxazole rings is 1. The molecule has 6 heteroatoms. The molecule has 1 amide bonds. The van der Waals surface area contributed by atoms with Crippen molar-refractivity contribution in [2.45, 2.75) is 26.7 Å². The number of nitrogens with zero attached hydrogens (tertiary/aromatic N) is 1. The molecule has 4 rings (SSSR count). The van der Waals surface area contributed by atoms with Gasteiger partial charge in [-0.3, -0.25) is 10.1 Å². The Hall–Kier alpha value is -3.51. The van der Waals surface area contributed by atoms with Crippen molar-refractivity contribution >= 4 is 40.0 Å². The van der Waals surface area contributed by atoms with E-state index in [2.05, 4.69) is 41.6 Å². The van der Waals surface area contributed by atoms with E-state index in [1.165, 1.54) is 5.56 Å². The van der Waals surface area contributed by atoms with Crippen molar-refractivity contribution in [1.29, 1.82) is 0 Å². The molecule has 5 nitrogen and oxygen atoms in total. The highest BCUT2D eigenvalue weighted by Gasteiger charge is 2.11. The van der Waals surface area contributed by atoms with Crippen molar-refractivity contribution in [2.75, 3.05) is 5.32 Å². The number of carbonyl (C=O) groups excluding carboxylic acids is 1. The molecule has 31 heavy (non-hydrogen) atoms. The first kappa shape index (κ1) is 20.8. The topological polar surface area (TPSA) is 67.2 Å². The smallest absolute Gasteiger partial charge is 0.257 e. The summed E-state index contributed by atoms with van der Waals surface area (Å²) >= 11 is 5.29. The van der Waals surface area contributed by atoms with Crippen LogP contribution in [0.15, 0.2) is 71.1 Å². The summed E-state index contributed by atoms with van der Waals surface area (Å²) in [7, 11) is 0. The van der Waals surface area contributed by atoms with Crippen LogP contribution < -0.4 is 10.6 Å². The molecule has 3 aromatic carbocycles. The van der Waals surface area contributed by atoms with Gasteiger partial charge in [-0.25, -0.2) is 4.98 Å². The van der Waals surface area contributed by atoms with Gasteiger partial charge in [0.25, 0.3) is 5.91 Å². The van der Waals surface area contributed by atoms with E-state index < -0.39 is 0 Å². The first-order valence-electron chi connectivity index (χ1n) is 10.1. The summed E-state index contributed by atoms with van der Waals surface area (Å²) in [5.41, 5.74) is 5.95. The predicted molar refractivity (Wildman–Crippen MR) is 128 cm³/mol. The predicted octanol–water partition coefficient (Wildman–Crippen LogP) is 6.05. The molecule has 0 atom stereocenters. The van der Waals surface area contributed by atoms with Crippen LogP contribution in [0.5, 0.6) is 0 Å². The second kappa shape index (κ2) is 8.70. The van der Waals surface area contributed by atoms with Crippen LogP contribution in [0.3, 0.4) is 0 Å². The van der Waals surface area contributed by atoms with Crippen molar-refractivity contribution < 1.29 is 9.21 Å². The van der Waals surface area contributed by atoms with Gasteiger partial charge in [-0.2, -0.15) is 0 Å². The molecule has 156 valence electrons. The lowest BCUT2D eigenvalue weighted by atomic mass is 10.0. The van der Waals surface area contributed by atoms with E-state index in [9.17, 15) is 4.79 Å². The van der Waals surface area contributed by atoms with Gasteiger partial charge in [0.2, 0.25) is 5.89 Å². The SMILES string of the molecule is Cc1ccc(C(=O)NC(=S)Nc2ccc3oc(-c4ccc(C(C)C)cc4)nc3c2)cc1. The highest BCUT2D eigenvalue weighted by Crippen LogP contribution is 2.27. The fourth-order valence-corrected chi connectivity index (χ4v) is 3.39. The van der Waals surface area contributed by atoms with Crippen LogP contribution in [-0.2, 0) is 0 Å². The summed E-state index contributed by atoms with van der Waals surface area (Å²) in [6.45, 7) is 6.30. The summed E-state index contributed by atoms with van der Waals surface area (Å²) in [6, 6.07) is 21.1. The van der Waals surface area contributed by atoms with E-state index in [0.717, 1.165) is 16.8 Å². The molecule has 0 radical (unpaired) electrons. The molecule has 0 bridgehead atoms. The zero-order valence-electron chi connectivity index (χ0n) is 17.6. The molecule has 0 unspecified atom stereocenters. The maximum absolute atomic E-state index is 12.3. The van der Waals surface area contributed by atoms with E-state index in [1.54, 1.807) is 12.1 Å². The number of amides is 1. The van der Waals surface area contributed by atoms with Crippen molar-refractivity contribution in [2.24, 2.45) is 0 Å². The summed E-state index contributed by atoms with van der Waals surface area (Å²) in [5, 5.41) is 5.95. The Morgan fingerprint density at radius 1 is 1.00 bits per heavy atom. The fraction of sp³-hybridized carbons (Fsp3) is 0.160. The molecule has 0 saturated carbocycles. The zero-order valence-corrected chi connectivity index (χ0v) is 18.4. The lowest BCUT2D eigenvalue weighted by Gasteiger charge is -2.09. The van der Waals surface area contributed by atoms with Crippen molar-refractivity contribution in [3.8, 4) is 11.5 Å². The minimum absolute atomic E-state index is 0.220. The largest absolute Gasteiger partial charge is 0.436 e. The zero-order chi connectivity index (χ0) is 22.0. The van der Waals surface area contributed by atoms with Gasteiger partial charge in [-0.15, -0.1) is 0 Å². The first-order chi connectivity index (χ1) is 14.9. The molecule has 0 spiro atoms. The molecule has 0 saturated heterocycles. The fourth-order valence-electron chi connectivity index (χ4n) is 3.18. The number of aryl methyl sites for hydroxylation is 1. The van der Waals surface area contributed by atoms with Gasteiger partial charge in [0.05, 0.1) is 0 Å². The average Bonchev–Trinajstić information content (AvgIpc) is 3.17. The lowest BCUT2D eigenvalue weighted by molar-refractivity contribution is 0.0977. The Balaban J connectivity index is 1.47. The van der Waals surface area contributed by atoms with Crippen LogP contribution in [0.1, 0.15) is 41.3 Å². The number of anilines is 1.